The molecule has 0 saturated heterocycles. The molecule has 8 aromatic carbocycles. The summed E-state index contributed by atoms with van der Waals surface area (Å²) >= 11 is 0. The van der Waals surface area contributed by atoms with Crippen LogP contribution < -0.4 is 11.5 Å². The number of hydrogen-bond donors (Lipinski definition) is 6. The van der Waals surface area contributed by atoms with Crippen LogP contribution in [-0.4, -0.2) is 59.6 Å². The molecule has 12 nitrogen and oxygen atoms in total. The second kappa shape index (κ2) is 29.7. The maximum absolute atomic E-state index is 11.0. The first-order valence-corrected chi connectivity index (χ1v) is 27.1. The fourth-order valence-electron chi connectivity index (χ4n) is 7.85. The molecule has 0 amide bonds. The van der Waals surface area contributed by atoms with E-state index in [0.717, 1.165) is 49.9 Å². The number of benzene rings is 8. The smallest absolute Gasteiger partial charge is 0.172 e. The molecule has 14 heteroatoms. The van der Waals surface area contributed by atoms with Crippen LogP contribution in [0.2, 0.25) is 0 Å². The molecule has 0 spiro atoms. The first-order chi connectivity index (χ1) is 35.5. The third kappa shape index (κ3) is 17.0. The number of hydrogen-bond acceptors (Lipinski definition) is 10. The molecule has 0 heterocycles. The van der Waals surface area contributed by atoms with Crippen molar-refractivity contribution in [3.63, 3.8) is 0 Å². The highest BCUT2D eigenvalue weighted by molar-refractivity contribution is 7.86. The summed E-state index contributed by atoms with van der Waals surface area (Å²) in [6.07, 6.45) is 6.65. The quantitative estimate of drug-likeness (QED) is 0.0322. The van der Waals surface area contributed by atoms with Crippen LogP contribution in [-0.2, 0) is 31.3 Å². The molecule has 8 aromatic rings. The molecular weight excluding hydrogens is 973 g/mol. The minimum Gasteiger partial charge on any atom is -0.744 e. The first kappa shape index (κ1) is 59.6. The highest BCUT2D eigenvalue weighted by Crippen LogP contribution is 2.35. The fourth-order valence-corrected chi connectivity index (χ4v) is 9.04. The third-order valence-corrected chi connectivity index (χ3v) is 13.6. The van der Waals surface area contributed by atoms with Crippen LogP contribution >= 0.6 is 0 Å². The molecule has 0 atom stereocenters. The number of phenolic OH excluding ortho intramolecular Hbond substituents is 2. The van der Waals surface area contributed by atoms with Crippen LogP contribution in [0, 0.1) is 0 Å². The summed E-state index contributed by atoms with van der Waals surface area (Å²) in [5, 5.41) is 35.2. The lowest BCUT2D eigenvalue weighted by molar-refractivity contribution is -0.455. The van der Waals surface area contributed by atoms with Gasteiger partial charge in [-0.1, -0.05) is 234 Å². The molecule has 8 rings (SSSR count). The second-order valence-electron chi connectivity index (χ2n) is 17.1. The molecule has 0 bridgehead atoms. The zero-order valence-electron chi connectivity index (χ0n) is 41.9. The summed E-state index contributed by atoms with van der Waals surface area (Å²) in [4.78, 5) is -1.77. The average molecular weight is 1040 g/mol. The Morgan fingerprint density at radius 2 is 0.595 bits per heavy atom. The highest BCUT2D eigenvalue weighted by atomic mass is 32.2. The minimum absolute atomic E-state index is 0.0668. The predicted octanol–water partition coefficient (Wildman–Crippen LogP) is 9.35. The first-order valence-electron chi connectivity index (χ1n) is 24.3. The molecule has 0 aliphatic rings. The number of aromatic hydroxyl groups is 2. The lowest BCUT2D eigenvalue weighted by atomic mass is 9.78. The largest absolute Gasteiger partial charge is 0.744 e. The van der Waals surface area contributed by atoms with E-state index in [0.29, 0.717) is 13.2 Å². The van der Waals surface area contributed by atoms with Crippen molar-refractivity contribution in [3.8, 4) is 22.6 Å². The van der Waals surface area contributed by atoms with Crippen molar-refractivity contribution in [2.45, 2.75) is 73.2 Å². The summed E-state index contributed by atoms with van der Waals surface area (Å²) in [5.41, 5.74) is 15.8. The van der Waals surface area contributed by atoms with Crippen LogP contribution in [0.15, 0.2) is 228 Å². The van der Waals surface area contributed by atoms with Crippen molar-refractivity contribution in [1.82, 2.24) is 0 Å². The average Bonchev–Trinajstić information content (AvgIpc) is 3.43. The minimum atomic E-state index is -4.94. The number of quaternary nitrogens is 2. The topological polar surface area (TPSA) is 251 Å². The number of rotatable bonds is 15. The Morgan fingerprint density at radius 1 is 0.378 bits per heavy atom. The van der Waals surface area contributed by atoms with E-state index in [1.54, 1.807) is 0 Å². The van der Waals surface area contributed by atoms with Crippen LogP contribution in [0.1, 0.15) is 85.8 Å². The van der Waals surface area contributed by atoms with Crippen molar-refractivity contribution in [2.75, 3.05) is 13.2 Å². The molecule has 390 valence electrons. The molecule has 0 aliphatic carbocycles. The molecule has 0 aromatic heterocycles. The Hall–Kier alpha value is -6.98. The van der Waals surface area contributed by atoms with Gasteiger partial charge in [0.1, 0.15) is 31.7 Å². The number of unbranched alkanes of at least 4 members (excludes halogenated alkanes) is 4. The molecule has 0 unspecified atom stereocenters. The maximum Gasteiger partial charge on any atom is 0.172 e. The van der Waals surface area contributed by atoms with E-state index in [9.17, 15) is 36.2 Å². The molecule has 74 heavy (non-hydrogen) atoms. The van der Waals surface area contributed by atoms with Crippen LogP contribution in [0.25, 0.3) is 11.1 Å². The Bertz CT molecular complexity index is 2670. The Kier molecular flexibility index (Phi) is 23.9. The van der Waals surface area contributed by atoms with Crippen LogP contribution in [0.5, 0.6) is 11.5 Å². The van der Waals surface area contributed by atoms with Gasteiger partial charge in [0, 0.05) is 46.6 Å². The van der Waals surface area contributed by atoms with Gasteiger partial charge in [-0.2, -0.15) is 0 Å². The SMILES string of the molecule is CCCCCO.CCCCCO.O=S(=O)([O-])c1cc(-c2ccc(O)c(S(=O)(=O)[O-])c2)ccc1O.[NH3+]C(c1ccccc1)(c1ccccc1)c1ccccc1.[NH3+]C(c1ccccc1)(c1ccccc1)c1ccccc1. The van der Waals surface area contributed by atoms with Gasteiger partial charge in [0.15, 0.2) is 11.1 Å². The van der Waals surface area contributed by atoms with Gasteiger partial charge < -0.3 is 41.0 Å². The maximum atomic E-state index is 11.0. The lowest BCUT2D eigenvalue weighted by Crippen LogP contribution is -2.71. The van der Waals surface area contributed by atoms with Crippen molar-refractivity contribution in [1.29, 1.82) is 0 Å². The van der Waals surface area contributed by atoms with Crippen LogP contribution in [0.4, 0.5) is 0 Å². The predicted molar refractivity (Wildman–Crippen MR) is 289 cm³/mol. The third-order valence-electron chi connectivity index (χ3n) is 11.9. The van der Waals surface area contributed by atoms with Crippen molar-refractivity contribution >= 4 is 20.2 Å². The number of aliphatic hydroxyl groups is 2. The molecule has 0 saturated carbocycles. The van der Waals surface area contributed by atoms with Gasteiger partial charge in [-0.15, -0.1) is 0 Å². The highest BCUT2D eigenvalue weighted by Gasteiger charge is 2.37. The van der Waals surface area contributed by atoms with E-state index in [4.69, 9.17) is 10.2 Å². The van der Waals surface area contributed by atoms with Gasteiger partial charge in [0.2, 0.25) is 0 Å². The van der Waals surface area contributed by atoms with Gasteiger partial charge in [0.25, 0.3) is 0 Å². The van der Waals surface area contributed by atoms with E-state index >= 15 is 0 Å². The van der Waals surface area contributed by atoms with E-state index in [1.165, 1.54) is 58.4 Å². The summed E-state index contributed by atoms with van der Waals surface area (Å²) in [5.74, 6) is -1.51. The normalized spacial score (nSPS) is 11.2. The van der Waals surface area contributed by atoms with Crippen molar-refractivity contribution < 1.29 is 57.8 Å². The molecule has 0 fully saturated rings. The van der Waals surface area contributed by atoms with E-state index < -0.39 is 41.5 Å². The summed E-state index contributed by atoms with van der Waals surface area (Å²) in [7, 11) is -9.88. The van der Waals surface area contributed by atoms with Crippen LogP contribution in [0.3, 0.4) is 0 Å². The van der Waals surface area contributed by atoms with E-state index in [2.05, 4.69) is 171 Å². The number of phenols is 2. The van der Waals surface area contributed by atoms with Gasteiger partial charge in [0.05, 0.1) is 9.79 Å². The molecule has 0 aliphatic heterocycles. The molecular formula is C60H68N2O10S2. The summed E-state index contributed by atoms with van der Waals surface area (Å²) in [6.45, 7) is 4.95. The Balaban J connectivity index is 0.000000216. The zero-order chi connectivity index (χ0) is 54.0. The molecule has 10 N–H and O–H groups in total. The van der Waals surface area contributed by atoms with Gasteiger partial charge >= 0.3 is 0 Å². The van der Waals surface area contributed by atoms with Gasteiger partial charge in [-0.3, -0.25) is 0 Å². The van der Waals surface area contributed by atoms with Gasteiger partial charge in [-0.05, 0) is 48.2 Å². The number of aliphatic hydroxyl groups excluding tert-OH is 2. The Morgan fingerprint density at radius 3 is 0.757 bits per heavy atom. The standard InChI is InChI=1S/2C19H17N.C12H10O8S2.2C5H12O/c2*20-19(16-10-4-1-5-11-16,17-12-6-2-7-13-17)18-14-8-3-9-15-18;13-9-3-1-7(5-11(9)21(15,16)17)8-2-4-10(14)12(6-8)22(18,19)20;2*1-2-3-4-5-6/h2*1-15H,20H2;1-6,13-14H,(H,15,16,17)(H,18,19,20);2*6H,2-5H2,1H3. The van der Waals surface area contributed by atoms with Crippen molar-refractivity contribution in [3.05, 3.63) is 252 Å². The van der Waals surface area contributed by atoms with Crippen molar-refractivity contribution in [2.24, 2.45) is 0 Å². The Labute approximate surface area is 436 Å². The van der Waals surface area contributed by atoms with Gasteiger partial charge in [-0.25, -0.2) is 16.8 Å². The summed E-state index contributed by atoms with van der Waals surface area (Å²) in [6, 6.07) is 68.8. The monoisotopic (exact) mass is 1040 g/mol. The van der Waals surface area contributed by atoms with E-state index in [-0.39, 0.29) is 22.2 Å². The second-order valence-corrected chi connectivity index (χ2v) is 19.8. The fraction of sp³-hybridized carbons (Fsp3) is 0.200. The lowest BCUT2D eigenvalue weighted by Gasteiger charge is -2.27. The molecule has 0 radical (unpaired) electrons. The zero-order valence-corrected chi connectivity index (χ0v) is 43.5. The summed E-state index contributed by atoms with van der Waals surface area (Å²) < 4.78 is 66.1. The van der Waals surface area contributed by atoms with E-state index in [1.807, 2.05) is 36.4 Å².